The maximum atomic E-state index is 8.12. The van der Waals surface area contributed by atoms with Gasteiger partial charge in [-0.2, -0.15) is 0 Å². The van der Waals surface area contributed by atoms with Gasteiger partial charge in [0, 0.05) is 18.0 Å². The van der Waals surface area contributed by atoms with E-state index in [2.05, 4.69) is 17.4 Å². The first-order valence-electron chi connectivity index (χ1n) is 7.15. The van der Waals surface area contributed by atoms with Gasteiger partial charge in [0.1, 0.15) is 0 Å². The predicted molar refractivity (Wildman–Crippen MR) is 84.0 cm³/mol. The average molecular weight is 288 g/mol. The summed E-state index contributed by atoms with van der Waals surface area (Å²) in [5.41, 5.74) is 2.36. The zero-order valence-electron chi connectivity index (χ0n) is 11.5. The molecule has 0 amide bonds. The Kier molecular flexibility index (Phi) is 4.43. The normalized spacial score (nSPS) is 24.4. The smallest absolute Gasteiger partial charge is 0.0999 e. The van der Waals surface area contributed by atoms with E-state index in [0.29, 0.717) is 11.0 Å². The molecule has 1 saturated carbocycles. The Morgan fingerprint density at radius 2 is 2.15 bits per heavy atom. The Labute approximate surface area is 124 Å². The second-order valence-electron chi connectivity index (χ2n) is 5.29. The highest BCUT2D eigenvalue weighted by Crippen LogP contribution is 2.37. The van der Waals surface area contributed by atoms with Crippen LogP contribution in [0.4, 0.5) is 0 Å². The third-order valence-corrected chi connectivity index (χ3v) is 4.52. The number of thioether (sulfide) groups is 1. The molecule has 1 unspecified atom stereocenters. The lowest BCUT2D eigenvalue weighted by molar-refractivity contribution is 0.0401. The number of morpholine rings is 1. The van der Waals surface area contributed by atoms with Crippen LogP contribution >= 0.6 is 11.8 Å². The number of ether oxygens (including phenoxy) is 1. The summed E-state index contributed by atoms with van der Waals surface area (Å²) in [6.45, 7) is 1.63. The second kappa shape index (κ2) is 6.46. The first-order chi connectivity index (χ1) is 9.83. The van der Waals surface area contributed by atoms with E-state index in [1.807, 2.05) is 24.3 Å². The fourth-order valence-electron chi connectivity index (χ4n) is 2.41. The molecule has 1 saturated heterocycles. The lowest BCUT2D eigenvalue weighted by atomic mass is 10.1. The average Bonchev–Trinajstić information content (AvgIpc) is 3.31. The Bertz CT molecular complexity index is 496. The van der Waals surface area contributed by atoms with Crippen molar-refractivity contribution in [1.82, 2.24) is 5.32 Å². The molecule has 1 aromatic rings. The summed E-state index contributed by atoms with van der Waals surface area (Å²) in [5.74, 6) is 1.51. The van der Waals surface area contributed by atoms with Crippen molar-refractivity contribution in [3.63, 3.8) is 0 Å². The molecule has 20 heavy (non-hydrogen) atoms. The van der Waals surface area contributed by atoms with E-state index in [-0.39, 0.29) is 6.10 Å². The molecule has 0 spiro atoms. The van der Waals surface area contributed by atoms with Crippen LogP contribution in [0.25, 0.3) is 0 Å². The number of hydrogen-bond donors (Lipinski definition) is 2. The zero-order chi connectivity index (χ0) is 13.8. The minimum Gasteiger partial charge on any atom is -0.384 e. The molecule has 3 rings (SSSR count). The van der Waals surface area contributed by atoms with Gasteiger partial charge in [0.15, 0.2) is 0 Å². The van der Waals surface area contributed by atoms with Gasteiger partial charge >= 0.3 is 0 Å². The van der Waals surface area contributed by atoms with Gasteiger partial charge in [-0.3, -0.25) is 5.41 Å². The van der Waals surface area contributed by atoms with Gasteiger partial charge in [0.2, 0.25) is 0 Å². The summed E-state index contributed by atoms with van der Waals surface area (Å²) in [4.78, 5) is 0. The molecule has 0 bridgehead atoms. The van der Waals surface area contributed by atoms with Crippen molar-refractivity contribution in [2.24, 2.45) is 5.92 Å². The number of benzene rings is 1. The molecule has 2 N–H and O–H groups in total. The maximum Gasteiger partial charge on any atom is 0.0999 e. The van der Waals surface area contributed by atoms with E-state index in [4.69, 9.17) is 10.1 Å². The number of rotatable bonds is 4. The van der Waals surface area contributed by atoms with Gasteiger partial charge in [-0.05, 0) is 30.4 Å². The monoisotopic (exact) mass is 288 g/mol. The minimum absolute atomic E-state index is 0.196. The molecule has 1 aliphatic heterocycles. The summed E-state index contributed by atoms with van der Waals surface area (Å²) >= 11 is 1.57. The van der Waals surface area contributed by atoms with E-state index < -0.39 is 0 Å². The SMILES string of the molecule is N=C(/C=C1\NCCOC1C1CC1)SCc1ccccc1. The lowest BCUT2D eigenvalue weighted by Gasteiger charge is -2.27. The van der Waals surface area contributed by atoms with E-state index in [0.717, 1.165) is 24.6 Å². The van der Waals surface area contributed by atoms with Crippen LogP contribution in [-0.4, -0.2) is 24.3 Å². The highest BCUT2D eigenvalue weighted by atomic mass is 32.2. The molecular weight excluding hydrogens is 268 g/mol. The summed E-state index contributed by atoms with van der Waals surface area (Å²) in [6.07, 6.45) is 4.67. The van der Waals surface area contributed by atoms with Crippen molar-refractivity contribution in [3.05, 3.63) is 47.7 Å². The summed E-state index contributed by atoms with van der Waals surface area (Å²) in [7, 11) is 0. The van der Waals surface area contributed by atoms with Crippen molar-refractivity contribution in [2.75, 3.05) is 13.2 Å². The van der Waals surface area contributed by atoms with Crippen molar-refractivity contribution in [3.8, 4) is 0 Å². The molecule has 1 aliphatic carbocycles. The fourth-order valence-corrected chi connectivity index (χ4v) is 3.14. The van der Waals surface area contributed by atoms with Crippen LogP contribution in [0.15, 0.2) is 42.1 Å². The van der Waals surface area contributed by atoms with Crippen LogP contribution in [-0.2, 0) is 10.5 Å². The molecule has 2 fully saturated rings. The van der Waals surface area contributed by atoms with Gasteiger partial charge in [-0.25, -0.2) is 0 Å². The Balaban J connectivity index is 1.57. The maximum absolute atomic E-state index is 8.12. The van der Waals surface area contributed by atoms with Gasteiger partial charge in [0.05, 0.1) is 17.8 Å². The van der Waals surface area contributed by atoms with E-state index in [1.165, 1.54) is 18.4 Å². The molecule has 0 radical (unpaired) electrons. The molecule has 2 aliphatic rings. The molecular formula is C16H20N2OS. The van der Waals surface area contributed by atoms with Gasteiger partial charge in [-0.15, -0.1) is 11.8 Å². The van der Waals surface area contributed by atoms with Gasteiger partial charge in [0.25, 0.3) is 0 Å². The van der Waals surface area contributed by atoms with Crippen LogP contribution in [0.5, 0.6) is 0 Å². The Morgan fingerprint density at radius 3 is 2.90 bits per heavy atom. The number of nitrogens with one attached hydrogen (secondary N) is 2. The standard InChI is InChI=1S/C16H20N2OS/c17-15(20-11-12-4-2-1-3-5-12)10-14-16(13-6-7-13)19-9-8-18-14/h1-5,10,13,16-18H,6-9,11H2/b14-10-,17-15?. The molecule has 3 nitrogen and oxygen atoms in total. The zero-order valence-corrected chi connectivity index (χ0v) is 12.3. The minimum atomic E-state index is 0.196. The first kappa shape index (κ1) is 13.7. The van der Waals surface area contributed by atoms with Crippen molar-refractivity contribution in [1.29, 1.82) is 5.41 Å². The highest BCUT2D eigenvalue weighted by molar-refractivity contribution is 8.13. The summed E-state index contributed by atoms with van der Waals surface area (Å²) in [6, 6.07) is 10.3. The predicted octanol–water partition coefficient (Wildman–Crippen LogP) is 3.18. The molecule has 1 aromatic carbocycles. The van der Waals surface area contributed by atoms with Crippen LogP contribution in [0.3, 0.4) is 0 Å². The third kappa shape index (κ3) is 3.64. The van der Waals surface area contributed by atoms with Crippen LogP contribution in [0, 0.1) is 11.3 Å². The lowest BCUT2D eigenvalue weighted by Crippen LogP contribution is -2.38. The van der Waals surface area contributed by atoms with Crippen LogP contribution < -0.4 is 5.32 Å². The van der Waals surface area contributed by atoms with Gasteiger partial charge in [-0.1, -0.05) is 30.3 Å². The van der Waals surface area contributed by atoms with E-state index in [9.17, 15) is 0 Å². The van der Waals surface area contributed by atoms with Crippen molar-refractivity contribution >= 4 is 16.8 Å². The topological polar surface area (TPSA) is 45.1 Å². The molecule has 106 valence electrons. The quantitative estimate of drug-likeness (QED) is 0.660. The largest absolute Gasteiger partial charge is 0.384 e. The Morgan fingerprint density at radius 1 is 1.35 bits per heavy atom. The molecule has 1 atom stereocenters. The molecule has 1 heterocycles. The van der Waals surface area contributed by atoms with E-state index >= 15 is 0 Å². The van der Waals surface area contributed by atoms with Crippen molar-refractivity contribution < 1.29 is 4.74 Å². The van der Waals surface area contributed by atoms with Crippen molar-refractivity contribution in [2.45, 2.75) is 24.7 Å². The molecule has 4 heteroatoms. The fraction of sp³-hybridized carbons (Fsp3) is 0.438. The summed E-state index contributed by atoms with van der Waals surface area (Å²) in [5, 5.41) is 12.1. The van der Waals surface area contributed by atoms with Crippen LogP contribution in [0.1, 0.15) is 18.4 Å². The Hall–Kier alpha value is -1.26. The van der Waals surface area contributed by atoms with Crippen LogP contribution in [0.2, 0.25) is 0 Å². The summed E-state index contributed by atoms with van der Waals surface area (Å²) < 4.78 is 5.84. The third-order valence-electron chi connectivity index (χ3n) is 3.61. The highest BCUT2D eigenvalue weighted by Gasteiger charge is 2.36. The molecule has 0 aromatic heterocycles. The van der Waals surface area contributed by atoms with E-state index in [1.54, 1.807) is 11.8 Å². The van der Waals surface area contributed by atoms with Gasteiger partial charge < -0.3 is 10.1 Å². The number of hydrogen-bond acceptors (Lipinski definition) is 4. The second-order valence-corrected chi connectivity index (χ2v) is 6.31. The first-order valence-corrected chi connectivity index (χ1v) is 8.14.